The van der Waals surface area contributed by atoms with Gasteiger partial charge in [-0.25, -0.2) is 14.8 Å². The van der Waals surface area contributed by atoms with Crippen LogP contribution in [0.15, 0.2) is 6.20 Å². The molecule has 0 bridgehead atoms. The maximum absolute atomic E-state index is 10.8. The van der Waals surface area contributed by atoms with E-state index >= 15 is 0 Å². The van der Waals surface area contributed by atoms with Crippen LogP contribution in [0.4, 0.5) is 0 Å². The Morgan fingerprint density at radius 2 is 2.31 bits per heavy atom. The maximum Gasteiger partial charge on any atom is 0.354 e. The highest BCUT2D eigenvalue weighted by Gasteiger charge is 2.29. The highest BCUT2D eigenvalue weighted by Crippen LogP contribution is 2.40. The zero-order valence-corrected chi connectivity index (χ0v) is 7.32. The Bertz CT molecular complexity index is 359. The van der Waals surface area contributed by atoms with E-state index < -0.39 is 5.97 Å². The predicted molar refractivity (Wildman–Crippen MR) is 45.7 cm³/mol. The first-order valence-electron chi connectivity index (χ1n) is 4.25. The van der Waals surface area contributed by atoms with E-state index in [0.717, 1.165) is 18.4 Å². The van der Waals surface area contributed by atoms with Crippen molar-refractivity contribution >= 4 is 5.97 Å². The number of carboxylic acids is 1. The van der Waals surface area contributed by atoms with E-state index in [9.17, 15) is 4.79 Å². The zero-order chi connectivity index (χ0) is 9.42. The largest absolute Gasteiger partial charge is 0.477 e. The van der Waals surface area contributed by atoms with Crippen LogP contribution in [-0.2, 0) is 0 Å². The number of aromatic nitrogens is 2. The number of carboxylic acid groups (broad SMARTS) is 1. The summed E-state index contributed by atoms with van der Waals surface area (Å²) in [5, 5.41) is 8.88. The van der Waals surface area contributed by atoms with Gasteiger partial charge in [0.2, 0.25) is 0 Å². The molecule has 0 atom stereocenters. The molecule has 4 heteroatoms. The summed E-state index contributed by atoms with van der Waals surface area (Å²) in [6.45, 7) is 1.70. The Kier molecular flexibility index (Phi) is 1.76. The number of rotatable bonds is 2. The molecule has 1 aliphatic carbocycles. The fourth-order valence-electron chi connectivity index (χ4n) is 1.34. The molecule has 0 aliphatic heterocycles. The van der Waals surface area contributed by atoms with E-state index in [1.165, 1.54) is 0 Å². The summed E-state index contributed by atoms with van der Waals surface area (Å²) in [5.74, 6) is -0.0547. The third kappa shape index (κ3) is 1.52. The molecular formula is C9H10N2O2. The lowest BCUT2D eigenvalue weighted by molar-refractivity contribution is 0.0688. The molecule has 1 saturated carbocycles. The lowest BCUT2D eigenvalue weighted by Gasteiger charge is -2.02. The number of hydrogen-bond donors (Lipinski definition) is 1. The first kappa shape index (κ1) is 8.16. The van der Waals surface area contributed by atoms with Gasteiger partial charge < -0.3 is 5.11 Å². The molecule has 0 aromatic carbocycles. The van der Waals surface area contributed by atoms with Crippen molar-refractivity contribution in [2.75, 3.05) is 0 Å². The monoisotopic (exact) mass is 178 g/mol. The van der Waals surface area contributed by atoms with E-state index in [2.05, 4.69) is 9.97 Å². The third-order valence-corrected chi connectivity index (χ3v) is 2.16. The van der Waals surface area contributed by atoms with Crippen LogP contribution in [0.2, 0.25) is 0 Å². The van der Waals surface area contributed by atoms with Crippen molar-refractivity contribution in [2.45, 2.75) is 25.7 Å². The summed E-state index contributed by atoms with van der Waals surface area (Å²) in [6, 6.07) is 0. The predicted octanol–water partition coefficient (Wildman–Crippen LogP) is 1.36. The fraction of sp³-hybridized carbons (Fsp3) is 0.444. The van der Waals surface area contributed by atoms with Crippen molar-refractivity contribution in [1.82, 2.24) is 9.97 Å². The number of aromatic carboxylic acids is 1. The maximum atomic E-state index is 10.8. The van der Waals surface area contributed by atoms with Crippen molar-refractivity contribution in [3.8, 4) is 0 Å². The second-order valence-corrected chi connectivity index (χ2v) is 3.30. The van der Waals surface area contributed by atoms with E-state index in [-0.39, 0.29) is 5.69 Å². The number of nitrogens with zero attached hydrogens (tertiary/aromatic N) is 2. The van der Waals surface area contributed by atoms with Gasteiger partial charge in [0.1, 0.15) is 5.82 Å². The lowest BCUT2D eigenvalue weighted by atomic mass is 10.1. The SMILES string of the molecule is Cc1ncc(C2CC2)c(C(=O)O)n1. The molecule has 0 amide bonds. The average Bonchev–Trinajstić information content (AvgIpc) is 2.87. The molecule has 1 N–H and O–H groups in total. The number of hydrogen-bond acceptors (Lipinski definition) is 3. The minimum absolute atomic E-state index is 0.176. The van der Waals surface area contributed by atoms with E-state index in [1.54, 1.807) is 13.1 Å². The van der Waals surface area contributed by atoms with Gasteiger partial charge in [0.25, 0.3) is 0 Å². The zero-order valence-electron chi connectivity index (χ0n) is 7.32. The Balaban J connectivity index is 2.47. The molecule has 4 nitrogen and oxygen atoms in total. The van der Waals surface area contributed by atoms with Crippen LogP contribution in [-0.4, -0.2) is 21.0 Å². The van der Waals surface area contributed by atoms with Crippen LogP contribution in [0.25, 0.3) is 0 Å². The smallest absolute Gasteiger partial charge is 0.354 e. The molecule has 68 valence electrons. The fourth-order valence-corrected chi connectivity index (χ4v) is 1.34. The molecule has 0 spiro atoms. The third-order valence-electron chi connectivity index (χ3n) is 2.16. The highest BCUT2D eigenvalue weighted by atomic mass is 16.4. The van der Waals surface area contributed by atoms with Gasteiger partial charge in [0, 0.05) is 11.8 Å². The molecule has 1 aromatic rings. The molecule has 1 heterocycles. The molecule has 13 heavy (non-hydrogen) atoms. The summed E-state index contributed by atoms with van der Waals surface area (Å²) in [4.78, 5) is 18.7. The highest BCUT2D eigenvalue weighted by molar-refractivity contribution is 5.87. The molecular weight excluding hydrogens is 168 g/mol. The Hall–Kier alpha value is -1.45. The summed E-state index contributed by atoms with van der Waals surface area (Å²) in [6.07, 6.45) is 3.77. The van der Waals surface area contributed by atoms with Crippen LogP contribution in [0, 0.1) is 6.92 Å². The molecule has 1 aliphatic rings. The Labute approximate surface area is 75.6 Å². The van der Waals surface area contributed by atoms with Crippen LogP contribution < -0.4 is 0 Å². The Morgan fingerprint density at radius 1 is 1.62 bits per heavy atom. The minimum atomic E-state index is -0.951. The minimum Gasteiger partial charge on any atom is -0.477 e. The number of carbonyl (C=O) groups is 1. The van der Waals surface area contributed by atoms with Gasteiger partial charge in [-0.3, -0.25) is 0 Å². The standard InChI is InChI=1S/C9H10N2O2/c1-5-10-4-7(6-2-3-6)8(11-5)9(12)13/h4,6H,2-3H2,1H3,(H,12,13). The summed E-state index contributed by atoms with van der Waals surface area (Å²) >= 11 is 0. The quantitative estimate of drug-likeness (QED) is 0.742. The van der Waals surface area contributed by atoms with Gasteiger partial charge >= 0.3 is 5.97 Å². The van der Waals surface area contributed by atoms with Crippen LogP contribution in [0.1, 0.15) is 40.6 Å². The van der Waals surface area contributed by atoms with E-state index in [1.807, 2.05) is 0 Å². The Morgan fingerprint density at radius 3 is 2.85 bits per heavy atom. The lowest BCUT2D eigenvalue weighted by Crippen LogP contribution is -2.07. The molecule has 2 rings (SSSR count). The van der Waals surface area contributed by atoms with E-state index in [4.69, 9.17) is 5.11 Å². The van der Waals surface area contributed by atoms with Crippen molar-refractivity contribution in [1.29, 1.82) is 0 Å². The van der Waals surface area contributed by atoms with Crippen molar-refractivity contribution in [3.05, 3.63) is 23.3 Å². The summed E-state index contributed by atoms with van der Waals surface area (Å²) in [7, 11) is 0. The molecule has 0 unspecified atom stereocenters. The second kappa shape index (κ2) is 2.80. The van der Waals surface area contributed by atoms with Gasteiger partial charge in [0.15, 0.2) is 5.69 Å². The van der Waals surface area contributed by atoms with E-state index in [0.29, 0.717) is 11.7 Å². The van der Waals surface area contributed by atoms with Crippen molar-refractivity contribution in [3.63, 3.8) is 0 Å². The number of aryl methyl sites for hydroxylation is 1. The summed E-state index contributed by atoms with van der Waals surface area (Å²) < 4.78 is 0. The van der Waals surface area contributed by atoms with Gasteiger partial charge in [-0.1, -0.05) is 0 Å². The molecule has 0 saturated heterocycles. The first-order valence-corrected chi connectivity index (χ1v) is 4.25. The topological polar surface area (TPSA) is 63.1 Å². The van der Waals surface area contributed by atoms with Crippen molar-refractivity contribution in [2.24, 2.45) is 0 Å². The molecule has 1 fully saturated rings. The van der Waals surface area contributed by atoms with Gasteiger partial charge in [-0.05, 0) is 25.7 Å². The van der Waals surface area contributed by atoms with Crippen LogP contribution in [0.3, 0.4) is 0 Å². The molecule has 0 radical (unpaired) electrons. The summed E-state index contributed by atoms with van der Waals surface area (Å²) in [5.41, 5.74) is 0.966. The normalized spacial score (nSPS) is 15.8. The van der Waals surface area contributed by atoms with Crippen molar-refractivity contribution < 1.29 is 9.90 Å². The average molecular weight is 178 g/mol. The molecule has 1 aromatic heterocycles. The second-order valence-electron chi connectivity index (χ2n) is 3.30. The van der Waals surface area contributed by atoms with Gasteiger partial charge in [-0.2, -0.15) is 0 Å². The van der Waals surface area contributed by atoms with Crippen LogP contribution >= 0.6 is 0 Å². The van der Waals surface area contributed by atoms with Crippen LogP contribution in [0.5, 0.6) is 0 Å². The van der Waals surface area contributed by atoms with Gasteiger partial charge in [0.05, 0.1) is 0 Å². The first-order chi connectivity index (χ1) is 6.18. The van der Waals surface area contributed by atoms with Gasteiger partial charge in [-0.15, -0.1) is 0 Å².